The Labute approximate surface area is 165 Å². The third-order valence-electron chi connectivity index (χ3n) is 4.97. The van der Waals surface area contributed by atoms with Gasteiger partial charge in [0.15, 0.2) is 0 Å². The van der Waals surface area contributed by atoms with Gasteiger partial charge >= 0.3 is 0 Å². The SMILES string of the molecule is Nc1ncnc(CNC2CCNCC2)c1-c1ccc(Oc2ccccc2)cc1. The largest absolute Gasteiger partial charge is 0.457 e. The summed E-state index contributed by atoms with van der Waals surface area (Å²) in [5.74, 6) is 2.08. The highest BCUT2D eigenvalue weighted by atomic mass is 16.5. The predicted molar refractivity (Wildman–Crippen MR) is 111 cm³/mol. The molecule has 28 heavy (non-hydrogen) atoms. The number of hydrogen-bond acceptors (Lipinski definition) is 6. The van der Waals surface area contributed by atoms with Crippen LogP contribution in [0.1, 0.15) is 18.5 Å². The van der Waals surface area contributed by atoms with Crippen molar-refractivity contribution in [3.8, 4) is 22.6 Å². The van der Waals surface area contributed by atoms with Crippen molar-refractivity contribution in [2.24, 2.45) is 0 Å². The lowest BCUT2D eigenvalue weighted by atomic mass is 10.0. The summed E-state index contributed by atoms with van der Waals surface area (Å²) in [4.78, 5) is 8.69. The van der Waals surface area contributed by atoms with Gasteiger partial charge in [-0.25, -0.2) is 9.97 Å². The van der Waals surface area contributed by atoms with Crippen molar-refractivity contribution in [2.75, 3.05) is 18.8 Å². The third-order valence-corrected chi connectivity index (χ3v) is 4.97. The van der Waals surface area contributed by atoms with Crippen LogP contribution in [-0.4, -0.2) is 29.1 Å². The van der Waals surface area contributed by atoms with Crippen LogP contribution in [-0.2, 0) is 6.54 Å². The standard InChI is InChI=1S/C22H25N5O/c23-22-21(20(26-15-27-22)14-25-17-10-12-24-13-11-17)16-6-8-19(9-7-16)28-18-4-2-1-3-5-18/h1-9,15,17,24-25H,10-14H2,(H2,23,26,27). The van der Waals surface area contributed by atoms with E-state index in [4.69, 9.17) is 10.5 Å². The second-order valence-corrected chi connectivity index (χ2v) is 6.93. The van der Waals surface area contributed by atoms with Gasteiger partial charge in [-0.15, -0.1) is 0 Å². The Bertz CT molecular complexity index is 893. The molecule has 0 atom stereocenters. The molecule has 4 N–H and O–H groups in total. The number of nitrogens with one attached hydrogen (secondary N) is 2. The summed E-state index contributed by atoms with van der Waals surface area (Å²) < 4.78 is 5.88. The maximum atomic E-state index is 6.20. The molecule has 6 heteroatoms. The molecule has 1 aliphatic heterocycles. The lowest BCUT2D eigenvalue weighted by Gasteiger charge is -2.24. The van der Waals surface area contributed by atoms with Gasteiger partial charge in [-0.05, 0) is 55.8 Å². The van der Waals surface area contributed by atoms with Crippen LogP contribution in [0.25, 0.3) is 11.1 Å². The number of anilines is 1. The van der Waals surface area contributed by atoms with E-state index in [0.29, 0.717) is 18.4 Å². The number of rotatable bonds is 6. The number of nitrogen functional groups attached to an aromatic ring is 1. The first-order valence-corrected chi connectivity index (χ1v) is 9.66. The van der Waals surface area contributed by atoms with E-state index < -0.39 is 0 Å². The molecular formula is C22H25N5O. The molecule has 1 aliphatic rings. The summed E-state index contributed by atoms with van der Waals surface area (Å²) in [6.45, 7) is 2.79. The van der Waals surface area contributed by atoms with Crippen LogP contribution < -0.4 is 21.1 Å². The maximum Gasteiger partial charge on any atom is 0.135 e. The molecule has 0 radical (unpaired) electrons. The number of hydrogen-bond donors (Lipinski definition) is 3. The molecule has 2 heterocycles. The lowest BCUT2D eigenvalue weighted by Crippen LogP contribution is -2.39. The Morgan fingerprint density at radius 2 is 1.68 bits per heavy atom. The molecule has 0 aliphatic carbocycles. The minimum atomic E-state index is 0.494. The number of ether oxygens (including phenoxy) is 1. The molecule has 0 bridgehead atoms. The van der Waals surface area contributed by atoms with E-state index in [9.17, 15) is 0 Å². The third kappa shape index (κ3) is 4.47. The number of piperidine rings is 1. The quantitative estimate of drug-likeness (QED) is 0.613. The van der Waals surface area contributed by atoms with E-state index >= 15 is 0 Å². The van der Waals surface area contributed by atoms with Crippen molar-refractivity contribution < 1.29 is 4.74 Å². The Hall–Kier alpha value is -2.96. The molecule has 144 valence electrons. The number of nitrogens with zero attached hydrogens (tertiary/aromatic N) is 2. The van der Waals surface area contributed by atoms with Gasteiger partial charge in [0, 0.05) is 18.2 Å². The maximum absolute atomic E-state index is 6.20. The zero-order valence-corrected chi connectivity index (χ0v) is 15.8. The Morgan fingerprint density at radius 1 is 0.964 bits per heavy atom. The second kappa shape index (κ2) is 8.82. The van der Waals surface area contributed by atoms with E-state index in [1.165, 1.54) is 6.33 Å². The molecule has 0 unspecified atom stereocenters. The smallest absolute Gasteiger partial charge is 0.135 e. The van der Waals surface area contributed by atoms with Gasteiger partial charge in [0.2, 0.25) is 0 Å². The minimum Gasteiger partial charge on any atom is -0.457 e. The van der Waals surface area contributed by atoms with E-state index in [1.807, 2.05) is 54.6 Å². The molecule has 0 spiro atoms. The first-order valence-electron chi connectivity index (χ1n) is 9.66. The van der Waals surface area contributed by atoms with Gasteiger partial charge in [-0.2, -0.15) is 0 Å². The van der Waals surface area contributed by atoms with Crippen molar-refractivity contribution in [3.05, 3.63) is 66.6 Å². The Morgan fingerprint density at radius 3 is 2.43 bits per heavy atom. The van der Waals surface area contributed by atoms with Crippen LogP contribution in [0.3, 0.4) is 0 Å². The van der Waals surface area contributed by atoms with Gasteiger partial charge in [-0.3, -0.25) is 0 Å². The van der Waals surface area contributed by atoms with Crippen LogP contribution in [0, 0.1) is 0 Å². The van der Waals surface area contributed by atoms with E-state index in [1.54, 1.807) is 0 Å². The van der Waals surface area contributed by atoms with Crippen LogP contribution in [0.15, 0.2) is 60.9 Å². The summed E-state index contributed by atoms with van der Waals surface area (Å²) in [6.07, 6.45) is 3.79. The van der Waals surface area contributed by atoms with E-state index in [2.05, 4.69) is 20.6 Å². The van der Waals surface area contributed by atoms with Crippen molar-refractivity contribution in [1.82, 2.24) is 20.6 Å². The fraction of sp³-hybridized carbons (Fsp3) is 0.273. The topological polar surface area (TPSA) is 85.1 Å². The summed E-state index contributed by atoms with van der Waals surface area (Å²) in [6, 6.07) is 18.1. The van der Waals surface area contributed by atoms with Crippen LogP contribution >= 0.6 is 0 Å². The highest BCUT2D eigenvalue weighted by Gasteiger charge is 2.16. The number of nitrogens with two attached hydrogens (primary N) is 1. The summed E-state index contributed by atoms with van der Waals surface area (Å²) >= 11 is 0. The van der Waals surface area contributed by atoms with Crippen molar-refractivity contribution in [3.63, 3.8) is 0 Å². The minimum absolute atomic E-state index is 0.494. The average Bonchev–Trinajstić information content (AvgIpc) is 2.75. The van der Waals surface area contributed by atoms with Gasteiger partial charge in [-0.1, -0.05) is 30.3 Å². The van der Waals surface area contributed by atoms with E-state index in [0.717, 1.165) is 54.3 Å². The molecule has 6 nitrogen and oxygen atoms in total. The zero-order valence-electron chi connectivity index (χ0n) is 15.8. The van der Waals surface area contributed by atoms with Gasteiger partial charge in [0.1, 0.15) is 23.6 Å². The molecule has 2 aromatic carbocycles. The normalized spacial score (nSPS) is 14.7. The summed E-state index contributed by atoms with van der Waals surface area (Å²) in [5, 5.41) is 6.99. The average molecular weight is 375 g/mol. The fourth-order valence-electron chi connectivity index (χ4n) is 3.47. The van der Waals surface area contributed by atoms with Crippen molar-refractivity contribution in [1.29, 1.82) is 0 Å². The number of benzene rings is 2. The van der Waals surface area contributed by atoms with Crippen LogP contribution in [0.4, 0.5) is 5.82 Å². The number of para-hydroxylation sites is 1. The summed E-state index contributed by atoms with van der Waals surface area (Å²) in [5.41, 5.74) is 8.99. The Balaban J connectivity index is 1.51. The molecule has 3 aromatic rings. The highest BCUT2D eigenvalue weighted by Crippen LogP contribution is 2.30. The lowest BCUT2D eigenvalue weighted by molar-refractivity contribution is 0.385. The number of aromatic nitrogens is 2. The molecule has 0 saturated carbocycles. The first kappa shape index (κ1) is 18.4. The molecular weight excluding hydrogens is 350 g/mol. The van der Waals surface area contributed by atoms with E-state index in [-0.39, 0.29) is 0 Å². The summed E-state index contributed by atoms with van der Waals surface area (Å²) in [7, 11) is 0. The van der Waals surface area contributed by atoms with Gasteiger partial charge in [0.25, 0.3) is 0 Å². The molecule has 1 saturated heterocycles. The predicted octanol–water partition coefficient (Wildman–Crippen LogP) is 3.36. The van der Waals surface area contributed by atoms with Gasteiger partial charge < -0.3 is 21.1 Å². The van der Waals surface area contributed by atoms with Crippen molar-refractivity contribution in [2.45, 2.75) is 25.4 Å². The van der Waals surface area contributed by atoms with Gasteiger partial charge in [0.05, 0.1) is 5.69 Å². The molecule has 4 rings (SSSR count). The first-order chi connectivity index (χ1) is 13.8. The second-order valence-electron chi connectivity index (χ2n) is 6.93. The van der Waals surface area contributed by atoms with Crippen LogP contribution in [0.5, 0.6) is 11.5 Å². The van der Waals surface area contributed by atoms with Crippen molar-refractivity contribution >= 4 is 5.82 Å². The fourth-order valence-corrected chi connectivity index (χ4v) is 3.47. The highest BCUT2D eigenvalue weighted by molar-refractivity contribution is 5.76. The molecule has 1 aromatic heterocycles. The van der Waals surface area contributed by atoms with Crippen LogP contribution in [0.2, 0.25) is 0 Å². The Kier molecular flexibility index (Phi) is 5.80. The monoisotopic (exact) mass is 375 g/mol. The molecule has 0 amide bonds. The molecule has 1 fully saturated rings. The zero-order chi connectivity index (χ0) is 19.2.